The Morgan fingerprint density at radius 1 is 1.19 bits per heavy atom. The third kappa shape index (κ3) is 2.77. The minimum atomic E-state index is -0.116. The fourth-order valence-corrected chi connectivity index (χ4v) is 4.11. The lowest BCUT2D eigenvalue weighted by Gasteiger charge is -2.36. The minimum absolute atomic E-state index is 0.116. The topological polar surface area (TPSA) is 47.9 Å². The van der Waals surface area contributed by atoms with Gasteiger partial charge in [0, 0.05) is 22.6 Å². The van der Waals surface area contributed by atoms with Crippen LogP contribution in [0.5, 0.6) is 23.0 Å². The first-order valence-corrected chi connectivity index (χ1v) is 9.22. The molecule has 1 N–H and O–H groups in total. The molecule has 0 fully saturated rings. The Kier molecular flexibility index (Phi) is 4.02. The number of benzene rings is 2. The molecule has 0 aliphatic carbocycles. The lowest BCUT2D eigenvalue weighted by atomic mass is 9.85. The SMILES string of the molecule is COc1c(C2COc3c(ccc4c3CCC(C)(C)O4)C2)ccc(O)c1C. The maximum absolute atomic E-state index is 9.96. The highest BCUT2D eigenvalue weighted by molar-refractivity contribution is 5.55. The van der Waals surface area contributed by atoms with Crippen LogP contribution in [0.2, 0.25) is 0 Å². The number of phenolic OH excluding ortho intramolecular Hbond substituents is 1. The van der Waals surface area contributed by atoms with E-state index in [1.54, 1.807) is 13.2 Å². The van der Waals surface area contributed by atoms with E-state index in [1.807, 2.05) is 13.0 Å². The standard InChI is InChI=1S/C22H26O4/c1-13-18(23)7-6-16(20(13)24-4)15-11-14-5-8-19-17(21(14)25-12-15)9-10-22(2,3)26-19/h5-8,15,23H,9-12H2,1-4H3. The van der Waals surface area contributed by atoms with E-state index in [0.29, 0.717) is 6.61 Å². The highest BCUT2D eigenvalue weighted by atomic mass is 16.5. The molecule has 0 amide bonds. The Bertz CT molecular complexity index is 854. The molecule has 1 atom stereocenters. The minimum Gasteiger partial charge on any atom is -0.508 e. The van der Waals surface area contributed by atoms with Gasteiger partial charge in [-0.25, -0.2) is 0 Å². The molecule has 2 aromatic carbocycles. The van der Waals surface area contributed by atoms with E-state index in [2.05, 4.69) is 26.0 Å². The van der Waals surface area contributed by atoms with Crippen LogP contribution < -0.4 is 14.2 Å². The van der Waals surface area contributed by atoms with Gasteiger partial charge < -0.3 is 19.3 Å². The maximum atomic E-state index is 9.96. The van der Waals surface area contributed by atoms with Crippen molar-refractivity contribution in [3.63, 3.8) is 0 Å². The summed E-state index contributed by atoms with van der Waals surface area (Å²) in [7, 11) is 1.65. The van der Waals surface area contributed by atoms with Crippen molar-refractivity contribution in [3.05, 3.63) is 46.5 Å². The van der Waals surface area contributed by atoms with Crippen molar-refractivity contribution in [1.82, 2.24) is 0 Å². The second-order valence-electron chi connectivity index (χ2n) is 7.94. The quantitative estimate of drug-likeness (QED) is 0.861. The van der Waals surface area contributed by atoms with Gasteiger partial charge in [0.2, 0.25) is 0 Å². The molecule has 138 valence electrons. The fraction of sp³-hybridized carbons (Fsp3) is 0.455. The molecule has 0 saturated carbocycles. The number of hydrogen-bond acceptors (Lipinski definition) is 4. The summed E-state index contributed by atoms with van der Waals surface area (Å²) in [5.74, 6) is 3.18. The summed E-state index contributed by atoms with van der Waals surface area (Å²) in [6.45, 7) is 6.75. The van der Waals surface area contributed by atoms with E-state index < -0.39 is 0 Å². The molecule has 0 bridgehead atoms. The molecule has 2 aliphatic heterocycles. The van der Waals surface area contributed by atoms with Gasteiger partial charge in [-0.15, -0.1) is 0 Å². The van der Waals surface area contributed by atoms with Gasteiger partial charge >= 0.3 is 0 Å². The van der Waals surface area contributed by atoms with Crippen LogP contribution in [-0.4, -0.2) is 24.4 Å². The third-order valence-electron chi connectivity index (χ3n) is 5.61. The van der Waals surface area contributed by atoms with Gasteiger partial charge in [0.25, 0.3) is 0 Å². The van der Waals surface area contributed by atoms with Gasteiger partial charge in [-0.2, -0.15) is 0 Å². The monoisotopic (exact) mass is 354 g/mol. The summed E-state index contributed by atoms with van der Waals surface area (Å²) in [6, 6.07) is 7.90. The van der Waals surface area contributed by atoms with Crippen molar-refractivity contribution >= 4 is 0 Å². The highest BCUT2D eigenvalue weighted by Gasteiger charge is 2.33. The van der Waals surface area contributed by atoms with Crippen molar-refractivity contribution in [2.24, 2.45) is 0 Å². The number of rotatable bonds is 2. The zero-order chi connectivity index (χ0) is 18.5. The number of fused-ring (bicyclic) bond motifs is 3. The van der Waals surface area contributed by atoms with Crippen LogP contribution in [0.1, 0.15) is 48.4 Å². The molecule has 2 aliphatic rings. The van der Waals surface area contributed by atoms with Crippen LogP contribution in [0.3, 0.4) is 0 Å². The predicted molar refractivity (Wildman–Crippen MR) is 101 cm³/mol. The Morgan fingerprint density at radius 3 is 2.77 bits per heavy atom. The first-order valence-electron chi connectivity index (χ1n) is 9.22. The van der Waals surface area contributed by atoms with Crippen molar-refractivity contribution in [3.8, 4) is 23.0 Å². The summed E-state index contributed by atoms with van der Waals surface area (Å²) in [4.78, 5) is 0. The molecular formula is C22H26O4. The van der Waals surface area contributed by atoms with Crippen LogP contribution in [0.25, 0.3) is 0 Å². The summed E-state index contributed by atoms with van der Waals surface area (Å²) in [6.07, 6.45) is 2.87. The molecule has 0 spiro atoms. The van der Waals surface area contributed by atoms with Crippen LogP contribution >= 0.6 is 0 Å². The summed E-state index contributed by atoms with van der Waals surface area (Å²) < 4.78 is 17.9. The molecule has 1 unspecified atom stereocenters. The first kappa shape index (κ1) is 17.1. The van der Waals surface area contributed by atoms with E-state index in [1.165, 1.54) is 11.1 Å². The molecule has 2 heterocycles. The van der Waals surface area contributed by atoms with Crippen LogP contribution in [0.15, 0.2) is 24.3 Å². The zero-order valence-electron chi connectivity index (χ0n) is 15.9. The van der Waals surface area contributed by atoms with E-state index >= 15 is 0 Å². The van der Waals surface area contributed by atoms with Gasteiger partial charge in [0.1, 0.15) is 28.6 Å². The normalized spacial score (nSPS) is 20.4. The fourth-order valence-electron chi connectivity index (χ4n) is 4.11. The summed E-state index contributed by atoms with van der Waals surface area (Å²) in [5.41, 5.74) is 4.17. The van der Waals surface area contributed by atoms with E-state index in [-0.39, 0.29) is 17.3 Å². The van der Waals surface area contributed by atoms with E-state index in [9.17, 15) is 5.11 Å². The number of ether oxygens (including phenoxy) is 3. The molecule has 4 rings (SSSR count). The Hall–Kier alpha value is -2.36. The highest BCUT2D eigenvalue weighted by Crippen LogP contribution is 2.45. The van der Waals surface area contributed by atoms with Crippen molar-refractivity contribution in [2.75, 3.05) is 13.7 Å². The second-order valence-corrected chi connectivity index (χ2v) is 7.94. The van der Waals surface area contributed by atoms with Crippen LogP contribution in [0.4, 0.5) is 0 Å². The maximum Gasteiger partial charge on any atom is 0.129 e. The molecule has 4 heteroatoms. The molecule has 2 aromatic rings. The van der Waals surface area contributed by atoms with Gasteiger partial charge in [-0.3, -0.25) is 0 Å². The Balaban J connectivity index is 1.67. The number of aromatic hydroxyl groups is 1. The molecule has 26 heavy (non-hydrogen) atoms. The van der Waals surface area contributed by atoms with Crippen LogP contribution in [0, 0.1) is 6.92 Å². The molecule has 0 radical (unpaired) electrons. The predicted octanol–water partition coefficient (Wildman–Crippen LogP) is 4.53. The smallest absolute Gasteiger partial charge is 0.129 e. The van der Waals surface area contributed by atoms with Gasteiger partial charge in [-0.05, 0) is 57.7 Å². The van der Waals surface area contributed by atoms with E-state index in [4.69, 9.17) is 14.2 Å². The lowest BCUT2D eigenvalue weighted by Crippen LogP contribution is -2.33. The first-order chi connectivity index (χ1) is 12.4. The molecular weight excluding hydrogens is 328 g/mol. The second kappa shape index (κ2) is 6.11. The van der Waals surface area contributed by atoms with Crippen LogP contribution in [-0.2, 0) is 12.8 Å². The number of phenols is 1. The van der Waals surface area contributed by atoms with Gasteiger partial charge in [0.15, 0.2) is 0 Å². The molecule has 0 saturated heterocycles. The van der Waals surface area contributed by atoms with E-state index in [0.717, 1.165) is 47.6 Å². The largest absolute Gasteiger partial charge is 0.508 e. The van der Waals surface area contributed by atoms with Gasteiger partial charge in [0.05, 0.1) is 13.7 Å². The summed E-state index contributed by atoms with van der Waals surface area (Å²) >= 11 is 0. The summed E-state index contributed by atoms with van der Waals surface area (Å²) in [5, 5.41) is 9.96. The average molecular weight is 354 g/mol. The zero-order valence-corrected chi connectivity index (χ0v) is 15.9. The lowest BCUT2D eigenvalue weighted by molar-refractivity contribution is 0.0826. The number of methoxy groups -OCH3 is 1. The van der Waals surface area contributed by atoms with Crippen molar-refractivity contribution in [1.29, 1.82) is 0 Å². The molecule has 4 nitrogen and oxygen atoms in total. The number of hydrogen-bond donors (Lipinski definition) is 1. The van der Waals surface area contributed by atoms with Gasteiger partial charge in [-0.1, -0.05) is 12.1 Å². The Morgan fingerprint density at radius 2 is 2.00 bits per heavy atom. The van der Waals surface area contributed by atoms with Crippen molar-refractivity contribution in [2.45, 2.75) is 51.6 Å². The molecule has 0 aromatic heterocycles. The Labute approximate surface area is 154 Å². The third-order valence-corrected chi connectivity index (χ3v) is 5.61. The average Bonchev–Trinajstić information content (AvgIpc) is 2.62. The van der Waals surface area contributed by atoms with Crippen molar-refractivity contribution < 1.29 is 19.3 Å².